The SMILES string of the molecule is COc1ccc2c(c1)CN([P@@]1(=O)Oc3ccccc31)CCS2. The normalized spacial score (nSPS) is 23.5. The molecule has 114 valence electrons. The maximum Gasteiger partial charge on any atom is 0.353 e. The van der Waals surface area contributed by atoms with E-state index in [-0.39, 0.29) is 0 Å². The van der Waals surface area contributed by atoms with Gasteiger partial charge in [-0.1, -0.05) is 12.1 Å². The molecule has 2 aromatic carbocycles. The van der Waals surface area contributed by atoms with Gasteiger partial charge in [-0.05, 0) is 35.9 Å². The number of ether oxygens (including phenoxy) is 1. The van der Waals surface area contributed by atoms with Crippen LogP contribution in [0.3, 0.4) is 0 Å². The number of thioether (sulfide) groups is 1. The number of para-hydroxylation sites is 1. The highest BCUT2D eigenvalue weighted by atomic mass is 32.2. The van der Waals surface area contributed by atoms with Crippen molar-refractivity contribution in [3.63, 3.8) is 0 Å². The maximum atomic E-state index is 13.2. The van der Waals surface area contributed by atoms with Gasteiger partial charge >= 0.3 is 7.52 Å². The molecular weight excluding hydrogens is 317 g/mol. The van der Waals surface area contributed by atoms with E-state index in [9.17, 15) is 4.57 Å². The second kappa shape index (κ2) is 5.34. The van der Waals surface area contributed by atoms with Gasteiger partial charge < -0.3 is 9.26 Å². The Morgan fingerprint density at radius 1 is 1.27 bits per heavy atom. The van der Waals surface area contributed by atoms with E-state index < -0.39 is 7.52 Å². The number of hydrogen-bond acceptors (Lipinski definition) is 4. The summed E-state index contributed by atoms with van der Waals surface area (Å²) in [6, 6.07) is 13.7. The first-order chi connectivity index (χ1) is 10.7. The molecule has 2 aliphatic heterocycles. The molecule has 0 aliphatic carbocycles. The molecule has 6 heteroatoms. The van der Waals surface area contributed by atoms with Crippen LogP contribution in [0.1, 0.15) is 5.56 Å². The van der Waals surface area contributed by atoms with Crippen LogP contribution in [0.4, 0.5) is 0 Å². The monoisotopic (exact) mass is 333 g/mol. The first kappa shape index (κ1) is 14.2. The second-order valence-corrected chi connectivity index (χ2v) is 8.70. The molecule has 0 saturated carbocycles. The van der Waals surface area contributed by atoms with E-state index in [1.165, 1.54) is 4.90 Å². The van der Waals surface area contributed by atoms with Crippen LogP contribution in [0.2, 0.25) is 0 Å². The molecule has 2 heterocycles. The van der Waals surface area contributed by atoms with Crippen molar-refractivity contribution in [3.8, 4) is 11.5 Å². The van der Waals surface area contributed by atoms with Gasteiger partial charge in [-0.15, -0.1) is 11.8 Å². The molecule has 4 rings (SSSR count). The molecule has 0 N–H and O–H groups in total. The molecule has 4 nitrogen and oxygen atoms in total. The van der Waals surface area contributed by atoms with E-state index >= 15 is 0 Å². The lowest BCUT2D eigenvalue weighted by molar-refractivity contribution is 0.353. The van der Waals surface area contributed by atoms with Crippen molar-refractivity contribution in [1.82, 2.24) is 4.67 Å². The molecular formula is C16H16NO3PS. The van der Waals surface area contributed by atoms with Gasteiger partial charge in [-0.2, -0.15) is 0 Å². The summed E-state index contributed by atoms with van der Waals surface area (Å²) in [4.78, 5) is 1.23. The van der Waals surface area contributed by atoms with Crippen LogP contribution in [0.25, 0.3) is 0 Å². The Morgan fingerprint density at radius 3 is 2.95 bits per heavy atom. The molecule has 0 bridgehead atoms. The quantitative estimate of drug-likeness (QED) is 0.787. The number of hydrogen-bond donors (Lipinski definition) is 0. The largest absolute Gasteiger partial charge is 0.497 e. The first-order valence-electron chi connectivity index (χ1n) is 7.15. The number of benzene rings is 2. The van der Waals surface area contributed by atoms with Gasteiger partial charge in [-0.3, -0.25) is 4.57 Å². The summed E-state index contributed by atoms with van der Waals surface area (Å²) in [7, 11) is -1.22. The van der Waals surface area contributed by atoms with Crippen LogP contribution in [-0.2, 0) is 11.1 Å². The fourth-order valence-corrected chi connectivity index (χ4v) is 6.16. The van der Waals surface area contributed by atoms with E-state index in [1.807, 2.05) is 41.1 Å². The lowest BCUT2D eigenvalue weighted by atomic mass is 10.2. The minimum absolute atomic E-state index is 0.616. The molecule has 0 saturated heterocycles. The minimum atomic E-state index is -2.89. The van der Waals surface area contributed by atoms with Gasteiger partial charge in [0.25, 0.3) is 0 Å². The van der Waals surface area contributed by atoms with Crippen molar-refractivity contribution in [1.29, 1.82) is 0 Å². The topological polar surface area (TPSA) is 38.8 Å². The smallest absolute Gasteiger partial charge is 0.353 e. The standard InChI is InChI=1S/C16H16NO3PS/c1-19-13-6-7-16-12(10-13)11-17(8-9-22-16)21(18)15-5-3-2-4-14(15)20-21/h2-7,10H,8-9,11H2,1H3/t21-/m0/s1. The summed E-state index contributed by atoms with van der Waals surface area (Å²) in [6.07, 6.45) is 0. The fourth-order valence-electron chi connectivity index (χ4n) is 2.83. The zero-order valence-corrected chi connectivity index (χ0v) is 13.9. The summed E-state index contributed by atoms with van der Waals surface area (Å²) in [5.41, 5.74) is 1.14. The third-order valence-electron chi connectivity index (χ3n) is 3.99. The van der Waals surface area contributed by atoms with E-state index in [4.69, 9.17) is 9.26 Å². The number of methoxy groups -OCH3 is 1. The molecule has 0 unspecified atom stereocenters. The number of nitrogens with zero attached hydrogens (tertiary/aromatic N) is 1. The molecule has 0 radical (unpaired) electrons. The van der Waals surface area contributed by atoms with Gasteiger partial charge in [0, 0.05) is 23.7 Å². The van der Waals surface area contributed by atoms with Crippen molar-refractivity contribution in [3.05, 3.63) is 48.0 Å². The van der Waals surface area contributed by atoms with Crippen LogP contribution in [0.5, 0.6) is 11.5 Å². The van der Waals surface area contributed by atoms with Gasteiger partial charge in [-0.25, -0.2) is 4.67 Å². The second-order valence-electron chi connectivity index (χ2n) is 5.29. The van der Waals surface area contributed by atoms with Crippen LogP contribution < -0.4 is 14.6 Å². The molecule has 1 atom stereocenters. The highest BCUT2D eigenvalue weighted by molar-refractivity contribution is 7.99. The Balaban J connectivity index is 1.68. The number of rotatable bonds is 2. The van der Waals surface area contributed by atoms with Crippen molar-refractivity contribution >= 4 is 24.6 Å². The van der Waals surface area contributed by atoms with Gasteiger partial charge in [0.15, 0.2) is 0 Å². The Bertz CT molecular complexity index is 780. The van der Waals surface area contributed by atoms with Gasteiger partial charge in [0.2, 0.25) is 0 Å². The predicted molar refractivity (Wildman–Crippen MR) is 88.4 cm³/mol. The lowest BCUT2D eigenvalue weighted by Crippen LogP contribution is -2.36. The first-order valence-corrected chi connectivity index (χ1v) is 9.71. The van der Waals surface area contributed by atoms with Crippen LogP contribution >= 0.6 is 19.3 Å². The Morgan fingerprint density at radius 2 is 2.14 bits per heavy atom. The Kier molecular flexibility index (Phi) is 3.44. The highest BCUT2D eigenvalue weighted by Gasteiger charge is 2.46. The number of fused-ring (bicyclic) bond motifs is 2. The van der Waals surface area contributed by atoms with Crippen molar-refractivity contribution in [2.24, 2.45) is 0 Å². The molecule has 0 amide bonds. The van der Waals surface area contributed by atoms with E-state index in [2.05, 4.69) is 6.07 Å². The Hall–Kier alpha value is -1.42. The van der Waals surface area contributed by atoms with E-state index in [0.717, 1.165) is 34.7 Å². The summed E-state index contributed by atoms with van der Waals surface area (Å²) < 4.78 is 26.2. The summed E-state index contributed by atoms with van der Waals surface area (Å²) in [6.45, 7) is 1.36. The van der Waals surface area contributed by atoms with Crippen LogP contribution in [-0.4, -0.2) is 24.1 Å². The molecule has 0 spiro atoms. The van der Waals surface area contributed by atoms with Crippen molar-refractivity contribution < 1.29 is 13.8 Å². The molecule has 0 fully saturated rings. The maximum absolute atomic E-state index is 13.2. The minimum Gasteiger partial charge on any atom is -0.497 e. The third-order valence-corrected chi connectivity index (χ3v) is 7.60. The summed E-state index contributed by atoms with van der Waals surface area (Å²) in [5.74, 6) is 2.47. The summed E-state index contributed by atoms with van der Waals surface area (Å²) >= 11 is 1.79. The van der Waals surface area contributed by atoms with Gasteiger partial charge in [0.05, 0.1) is 7.11 Å². The van der Waals surface area contributed by atoms with E-state index in [0.29, 0.717) is 6.54 Å². The fraction of sp³-hybridized carbons (Fsp3) is 0.250. The van der Waals surface area contributed by atoms with Crippen LogP contribution in [0.15, 0.2) is 47.4 Å². The molecule has 2 aliphatic rings. The van der Waals surface area contributed by atoms with Crippen LogP contribution in [0, 0.1) is 0 Å². The third kappa shape index (κ3) is 2.16. The average molecular weight is 333 g/mol. The van der Waals surface area contributed by atoms with E-state index in [1.54, 1.807) is 18.9 Å². The average Bonchev–Trinajstić information content (AvgIpc) is 2.75. The molecule has 2 aromatic rings. The highest BCUT2D eigenvalue weighted by Crippen LogP contribution is 2.60. The zero-order chi connectivity index (χ0) is 15.2. The van der Waals surface area contributed by atoms with Crippen molar-refractivity contribution in [2.45, 2.75) is 11.4 Å². The van der Waals surface area contributed by atoms with Gasteiger partial charge in [0.1, 0.15) is 16.8 Å². The molecule has 22 heavy (non-hydrogen) atoms. The zero-order valence-electron chi connectivity index (χ0n) is 12.2. The lowest BCUT2D eigenvalue weighted by Gasteiger charge is -2.37. The van der Waals surface area contributed by atoms with Crippen molar-refractivity contribution in [2.75, 3.05) is 19.4 Å². The molecule has 0 aromatic heterocycles. The Labute approximate surface area is 133 Å². The predicted octanol–water partition coefficient (Wildman–Crippen LogP) is 3.51. The summed E-state index contributed by atoms with van der Waals surface area (Å²) in [5, 5.41) is 0.839.